The number of carboxylic acids is 1. The zero-order valence-electron chi connectivity index (χ0n) is 14.5. The molecule has 3 N–H and O–H groups in total. The maximum Gasteiger partial charge on any atom is 0.322 e. The number of aliphatic carboxylic acids is 1. The monoisotopic (exact) mass is 382 g/mol. The second-order valence-electron chi connectivity index (χ2n) is 6.88. The number of carboxylic acid groups (broad SMARTS) is 1. The standard InChI is InChI=1S/C21H19ClN2O3/c22-17-7-2-1-4-15(17)20-14-6-3-5-13(14)16-10-12(8-9-18(16)24-20)21(27)23-11-19(25)26/h1-5,7-10,13-14,20,24H,6,11H2,(H,23,27)(H,25,26)/t13-,14+,20-/m1/s1. The van der Waals surface area contributed by atoms with Gasteiger partial charge in [-0.15, -0.1) is 0 Å². The van der Waals surface area contributed by atoms with Crippen molar-refractivity contribution in [2.45, 2.75) is 18.4 Å². The Hall–Kier alpha value is -2.79. The molecule has 1 heterocycles. The number of rotatable bonds is 4. The first-order valence-electron chi connectivity index (χ1n) is 8.86. The van der Waals surface area contributed by atoms with Gasteiger partial charge in [-0.05, 0) is 47.7 Å². The predicted molar refractivity (Wildman–Crippen MR) is 104 cm³/mol. The number of fused-ring (bicyclic) bond motifs is 3. The topological polar surface area (TPSA) is 78.4 Å². The summed E-state index contributed by atoms with van der Waals surface area (Å²) in [5, 5.41) is 15.5. The van der Waals surface area contributed by atoms with Crippen LogP contribution in [-0.2, 0) is 4.79 Å². The summed E-state index contributed by atoms with van der Waals surface area (Å²) in [5.74, 6) is -0.944. The van der Waals surface area contributed by atoms with Crippen molar-refractivity contribution in [3.63, 3.8) is 0 Å². The van der Waals surface area contributed by atoms with E-state index in [-0.39, 0.29) is 17.9 Å². The zero-order chi connectivity index (χ0) is 19.0. The number of hydrogen-bond acceptors (Lipinski definition) is 3. The number of hydrogen-bond donors (Lipinski definition) is 3. The Kier molecular flexibility index (Phi) is 4.62. The minimum atomic E-state index is -1.07. The molecule has 0 bridgehead atoms. The molecule has 1 aliphatic carbocycles. The van der Waals surface area contributed by atoms with E-state index in [4.69, 9.17) is 16.7 Å². The van der Waals surface area contributed by atoms with Crippen molar-refractivity contribution in [1.82, 2.24) is 5.32 Å². The number of amides is 1. The van der Waals surface area contributed by atoms with E-state index in [1.807, 2.05) is 36.4 Å². The highest BCUT2D eigenvalue weighted by Crippen LogP contribution is 2.50. The fourth-order valence-electron chi connectivity index (χ4n) is 4.03. The molecule has 0 fully saturated rings. The Morgan fingerprint density at radius 1 is 1.19 bits per heavy atom. The molecule has 1 aliphatic heterocycles. The maximum absolute atomic E-state index is 12.2. The van der Waals surface area contributed by atoms with Gasteiger partial charge in [-0.25, -0.2) is 0 Å². The minimum absolute atomic E-state index is 0.0953. The van der Waals surface area contributed by atoms with E-state index in [0.29, 0.717) is 11.5 Å². The number of carbonyl (C=O) groups is 2. The van der Waals surface area contributed by atoms with E-state index >= 15 is 0 Å². The molecule has 2 aliphatic rings. The van der Waals surface area contributed by atoms with Crippen molar-refractivity contribution < 1.29 is 14.7 Å². The summed E-state index contributed by atoms with van der Waals surface area (Å²) in [6.45, 7) is -0.394. The summed E-state index contributed by atoms with van der Waals surface area (Å²) >= 11 is 6.44. The van der Waals surface area contributed by atoms with Gasteiger partial charge in [0.15, 0.2) is 0 Å². The van der Waals surface area contributed by atoms with Crippen molar-refractivity contribution >= 4 is 29.2 Å². The molecular weight excluding hydrogens is 364 g/mol. The van der Waals surface area contributed by atoms with Crippen LogP contribution in [0.25, 0.3) is 0 Å². The van der Waals surface area contributed by atoms with Crippen LogP contribution in [-0.4, -0.2) is 23.5 Å². The van der Waals surface area contributed by atoms with Crippen LogP contribution >= 0.6 is 11.6 Å². The Morgan fingerprint density at radius 3 is 2.78 bits per heavy atom. The SMILES string of the molecule is O=C(O)CNC(=O)c1ccc2c(c1)[C@@H]1C=CC[C@@H]1[C@H](c1ccccc1Cl)N2. The van der Waals surface area contributed by atoms with E-state index < -0.39 is 12.5 Å². The summed E-state index contributed by atoms with van der Waals surface area (Å²) < 4.78 is 0. The van der Waals surface area contributed by atoms with Crippen molar-refractivity contribution in [2.24, 2.45) is 5.92 Å². The van der Waals surface area contributed by atoms with Crippen LogP contribution in [0.4, 0.5) is 5.69 Å². The van der Waals surface area contributed by atoms with Gasteiger partial charge in [-0.2, -0.15) is 0 Å². The van der Waals surface area contributed by atoms with Gasteiger partial charge < -0.3 is 15.7 Å². The highest BCUT2D eigenvalue weighted by atomic mass is 35.5. The largest absolute Gasteiger partial charge is 0.480 e. The van der Waals surface area contributed by atoms with Crippen molar-refractivity contribution in [1.29, 1.82) is 0 Å². The van der Waals surface area contributed by atoms with Crippen LogP contribution in [0.5, 0.6) is 0 Å². The maximum atomic E-state index is 12.2. The number of anilines is 1. The number of benzene rings is 2. The first kappa shape index (κ1) is 17.6. The molecule has 6 heteroatoms. The average Bonchev–Trinajstić information content (AvgIpc) is 3.16. The lowest BCUT2D eigenvalue weighted by Gasteiger charge is -2.38. The molecule has 5 nitrogen and oxygen atoms in total. The second kappa shape index (κ2) is 7.08. The van der Waals surface area contributed by atoms with Crippen LogP contribution in [0, 0.1) is 5.92 Å². The summed E-state index contributed by atoms with van der Waals surface area (Å²) in [4.78, 5) is 22.9. The highest BCUT2D eigenvalue weighted by Gasteiger charge is 2.38. The molecule has 0 saturated heterocycles. The van der Waals surface area contributed by atoms with Crippen LogP contribution in [0.2, 0.25) is 5.02 Å². The third-order valence-electron chi connectivity index (χ3n) is 5.27. The van der Waals surface area contributed by atoms with Crippen molar-refractivity contribution in [3.8, 4) is 0 Å². The van der Waals surface area contributed by atoms with Gasteiger partial charge >= 0.3 is 5.97 Å². The Balaban J connectivity index is 1.67. The molecule has 138 valence electrons. The molecule has 2 aromatic carbocycles. The number of halogens is 1. The lowest BCUT2D eigenvalue weighted by molar-refractivity contribution is -0.135. The molecule has 0 saturated carbocycles. The van der Waals surface area contributed by atoms with E-state index in [2.05, 4.69) is 22.8 Å². The van der Waals surface area contributed by atoms with Gasteiger partial charge in [0.2, 0.25) is 0 Å². The molecule has 0 spiro atoms. The predicted octanol–water partition coefficient (Wildman–Crippen LogP) is 3.98. The molecule has 27 heavy (non-hydrogen) atoms. The normalized spacial score (nSPS) is 22.5. The minimum Gasteiger partial charge on any atom is -0.480 e. The second-order valence-corrected chi connectivity index (χ2v) is 7.28. The first-order chi connectivity index (χ1) is 13.0. The Labute approximate surface area is 162 Å². The van der Waals surface area contributed by atoms with Crippen LogP contribution in [0.3, 0.4) is 0 Å². The molecule has 0 radical (unpaired) electrons. The number of nitrogens with one attached hydrogen (secondary N) is 2. The van der Waals surface area contributed by atoms with Crippen LogP contribution in [0.15, 0.2) is 54.6 Å². The zero-order valence-corrected chi connectivity index (χ0v) is 15.2. The summed E-state index contributed by atoms with van der Waals surface area (Å²) in [6, 6.07) is 13.4. The van der Waals surface area contributed by atoms with Gasteiger partial charge in [0.05, 0.1) is 6.04 Å². The van der Waals surface area contributed by atoms with Crippen LogP contribution in [0.1, 0.15) is 39.9 Å². The number of carbonyl (C=O) groups excluding carboxylic acids is 1. The molecule has 3 atom stereocenters. The van der Waals surface area contributed by atoms with Crippen molar-refractivity contribution in [2.75, 3.05) is 11.9 Å². The molecule has 2 aromatic rings. The van der Waals surface area contributed by atoms with E-state index in [1.165, 1.54) is 0 Å². The Bertz CT molecular complexity index is 941. The fraction of sp³-hybridized carbons (Fsp3) is 0.238. The molecule has 0 aromatic heterocycles. The van der Waals surface area contributed by atoms with Crippen molar-refractivity contribution in [3.05, 3.63) is 76.3 Å². The van der Waals surface area contributed by atoms with Gasteiger partial charge in [0, 0.05) is 22.2 Å². The molecule has 4 rings (SSSR count). The number of allylic oxidation sites excluding steroid dienone is 2. The molecule has 0 unspecified atom stereocenters. The summed E-state index contributed by atoms with van der Waals surface area (Å²) in [7, 11) is 0. The lowest BCUT2D eigenvalue weighted by Crippen LogP contribution is -2.31. The summed E-state index contributed by atoms with van der Waals surface area (Å²) in [5.41, 5.74) is 3.57. The first-order valence-corrected chi connectivity index (χ1v) is 9.24. The highest BCUT2D eigenvalue weighted by molar-refractivity contribution is 6.31. The van der Waals surface area contributed by atoms with Gasteiger partial charge in [-0.3, -0.25) is 9.59 Å². The average molecular weight is 383 g/mol. The van der Waals surface area contributed by atoms with Gasteiger partial charge in [0.25, 0.3) is 5.91 Å². The third-order valence-corrected chi connectivity index (χ3v) is 5.61. The molecular formula is C21H19ClN2O3. The lowest BCUT2D eigenvalue weighted by atomic mass is 9.76. The van der Waals surface area contributed by atoms with Gasteiger partial charge in [0.1, 0.15) is 6.54 Å². The quantitative estimate of drug-likeness (QED) is 0.699. The van der Waals surface area contributed by atoms with Gasteiger partial charge in [-0.1, -0.05) is 42.0 Å². The van der Waals surface area contributed by atoms with E-state index in [1.54, 1.807) is 6.07 Å². The fourth-order valence-corrected chi connectivity index (χ4v) is 4.28. The molecule has 1 amide bonds. The van der Waals surface area contributed by atoms with E-state index in [0.717, 1.165) is 28.3 Å². The van der Waals surface area contributed by atoms with Crippen LogP contribution < -0.4 is 10.6 Å². The Morgan fingerprint density at radius 2 is 2.00 bits per heavy atom. The van der Waals surface area contributed by atoms with E-state index in [9.17, 15) is 9.59 Å². The summed E-state index contributed by atoms with van der Waals surface area (Å²) in [6.07, 6.45) is 5.29. The smallest absolute Gasteiger partial charge is 0.322 e. The third kappa shape index (κ3) is 3.30.